The number of hydrogen-bond donors (Lipinski definition) is 0. The van der Waals surface area contributed by atoms with Crippen molar-refractivity contribution in [3.05, 3.63) is 24.8 Å². The largest absolute Gasteiger partial charge is 0.356 e. The zero-order chi connectivity index (χ0) is 9.94. The number of methoxy groups -OCH3 is 2. The third-order valence-corrected chi connectivity index (χ3v) is 1.86. The van der Waals surface area contributed by atoms with Crippen LogP contribution in [-0.4, -0.2) is 20.5 Å². The summed E-state index contributed by atoms with van der Waals surface area (Å²) < 4.78 is 10.1. The molecular formula is C11H20O2. The molecule has 0 aliphatic heterocycles. The number of rotatable bonds is 8. The van der Waals surface area contributed by atoms with Crippen LogP contribution in [0.1, 0.15) is 25.7 Å². The molecule has 0 amide bonds. The Labute approximate surface area is 81.2 Å². The lowest BCUT2D eigenvalue weighted by Crippen LogP contribution is -2.12. The van der Waals surface area contributed by atoms with Crippen LogP contribution >= 0.6 is 0 Å². The maximum Gasteiger partial charge on any atom is 0.156 e. The summed E-state index contributed by atoms with van der Waals surface area (Å²) in [6, 6.07) is 0. The van der Waals surface area contributed by atoms with Gasteiger partial charge in [0.15, 0.2) is 6.29 Å². The molecule has 0 aromatic heterocycles. The molecule has 0 aliphatic carbocycles. The zero-order valence-electron chi connectivity index (χ0n) is 8.66. The fourth-order valence-corrected chi connectivity index (χ4v) is 1.10. The van der Waals surface area contributed by atoms with Crippen LogP contribution in [0.5, 0.6) is 0 Å². The summed E-state index contributed by atoms with van der Waals surface area (Å²) in [5.74, 6) is 0. The van der Waals surface area contributed by atoms with E-state index in [9.17, 15) is 0 Å². The van der Waals surface area contributed by atoms with Gasteiger partial charge in [-0.2, -0.15) is 0 Å². The minimum atomic E-state index is -0.0385. The Morgan fingerprint density at radius 3 is 2.46 bits per heavy atom. The highest BCUT2D eigenvalue weighted by Gasteiger charge is 2.02. The van der Waals surface area contributed by atoms with Crippen LogP contribution in [0.2, 0.25) is 0 Å². The van der Waals surface area contributed by atoms with Gasteiger partial charge < -0.3 is 9.47 Å². The van der Waals surface area contributed by atoms with Gasteiger partial charge in [-0.05, 0) is 25.7 Å². The van der Waals surface area contributed by atoms with E-state index in [-0.39, 0.29) is 6.29 Å². The molecule has 0 rings (SSSR count). The fourth-order valence-electron chi connectivity index (χ4n) is 1.10. The molecule has 0 aromatic carbocycles. The Morgan fingerprint density at radius 2 is 1.92 bits per heavy atom. The van der Waals surface area contributed by atoms with Gasteiger partial charge in [0.1, 0.15) is 0 Å². The van der Waals surface area contributed by atoms with Crippen molar-refractivity contribution in [2.45, 2.75) is 32.0 Å². The molecule has 2 heteroatoms. The molecule has 0 bridgehead atoms. The SMILES string of the molecule is C=C/C=C\CCCCC(OC)OC. The van der Waals surface area contributed by atoms with Gasteiger partial charge in [-0.15, -0.1) is 0 Å². The van der Waals surface area contributed by atoms with E-state index < -0.39 is 0 Å². The van der Waals surface area contributed by atoms with E-state index >= 15 is 0 Å². The van der Waals surface area contributed by atoms with Gasteiger partial charge in [-0.1, -0.05) is 24.8 Å². The van der Waals surface area contributed by atoms with Gasteiger partial charge in [0.05, 0.1) is 0 Å². The molecule has 0 atom stereocenters. The monoisotopic (exact) mass is 184 g/mol. The highest BCUT2D eigenvalue weighted by Crippen LogP contribution is 2.06. The lowest BCUT2D eigenvalue weighted by molar-refractivity contribution is -0.107. The first-order chi connectivity index (χ1) is 6.35. The van der Waals surface area contributed by atoms with Crippen LogP contribution in [0, 0.1) is 0 Å². The highest BCUT2D eigenvalue weighted by molar-refractivity contribution is 4.96. The minimum Gasteiger partial charge on any atom is -0.356 e. The number of allylic oxidation sites excluding steroid dienone is 3. The second-order valence-electron chi connectivity index (χ2n) is 2.85. The molecule has 0 aromatic rings. The van der Waals surface area contributed by atoms with Crippen molar-refractivity contribution in [1.29, 1.82) is 0 Å². The number of ether oxygens (including phenoxy) is 2. The molecule has 0 radical (unpaired) electrons. The smallest absolute Gasteiger partial charge is 0.156 e. The maximum atomic E-state index is 5.07. The van der Waals surface area contributed by atoms with E-state index in [1.165, 1.54) is 6.42 Å². The van der Waals surface area contributed by atoms with Crippen molar-refractivity contribution in [3.8, 4) is 0 Å². The average Bonchev–Trinajstić information content (AvgIpc) is 2.17. The molecule has 0 N–H and O–H groups in total. The Hall–Kier alpha value is -0.600. The summed E-state index contributed by atoms with van der Waals surface area (Å²) in [5, 5.41) is 0. The summed E-state index contributed by atoms with van der Waals surface area (Å²) in [4.78, 5) is 0. The first kappa shape index (κ1) is 12.4. The number of unbranched alkanes of at least 4 members (excludes halogenated alkanes) is 2. The van der Waals surface area contributed by atoms with Crippen LogP contribution in [0.25, 0.3) is 0 Å². The molecule has 0 fully saturated rings. The third kappa shape index (κ3) is 7.75. The zero-order valence-corrected chi connectivity index (χ0v) is 8.66. The van der Waals surface area contributed by atoms with Crippen LogP contribution in [0.15, 0.2) is 24.8 Å². The van der Waals surface area contributed by atoms with Gasteiger partial charge in [-0.3, -0.25) is 0 Å². The van der Waals surface area contributed by atoms with E-state index in [2.05, 4.69) is 12.7 Å². The van der Waals surface area contributed by atoms with Crippen molar-refractivity contribution in [3.63, 3.8) is 0 Å². The molecule has 0 spiro atoms. The first-order valence-corrected chi connectivity index (χ1v) is 4.68. The van der Waals surface area contributed by atoms with Crippen LogP contribution in [0.3, 0.4) is 0 Å². The lowest BCUT2D eigenvalue weighted by atomic mass is 10.2. The predicted molar refractivity (Wildman–Crippen MR) is 55.6 cm³/mol. The minimum absolute atomic E-state index is 0.0385. The molecular weight excluding hydrogens is 164 g/mol. The van der Waals surface area contributed by atoms with Crippen LogP contribution in [-0.2, 0) is 9.47 Å². The van der Waals surface area contributed by atoms with Gasteiger partial charge >= 0.3 is 0 Å². The summed E-state index contributed by atoms with van der Waals surface area (Å²) >= 11 is 0. The van der Waals surface area contributed by atoms with E-state index in [0.29, 0.717) is 0 Å². The topological polar surface area (TPSA) is 18.5 Å². The molecule has 2 nitrogen and oxygen atoms in total. The van der Waals surface area contributed by atoms with Gasteiger partial charge in [-0.25, -0.2) is 0 Å². The quantitative estimate of drug-likeness (QED) is 0.328. The van der Waals surface area contributed by atoms with Gasteiger partial charge in [0.2, 0.25) is 0 Å². The molecule has 13 heavy (non-hydrogen) atoms. The summed E-state index contributed by atoms with van der Waals surface area (Å²) in [6.07, 6.45) is 10.2. The van der Waals surface area contributed by atoms with Gasteiger partial charge in [0.25, 0.3) is 0 Å². The van der Waals surface area contributed by atoms with E-state index in [0.717, 1.165) is 19.3 Å². The van der Waals surface area contributed by atoms with Crippen molar-refractivity contribution in [2.24, 2.45) is 0 Å². The Morgan fingerprint density at radius 1 is 1.23 bits per heavy atom. The van der Waals surface area contributed by atoms with Crippen molar-refractivity contribution >= 4 is 0 Å². The van der Waals surface area contributed by atoms with Crippen LogP contribution in [0.4, 0.5) is 0 Å². The predicted octanol–water partition coefficient (Wildman–Crippen LogP) is 2.91. The Bertz CT molecular complexity index is 137. The van der Waals surface area contributed by atoms with Gasteiger partial charge in [0, 0.05) is 14.2 Å². The van der Waals surface area contributed by atoms with Crippen molar-refractivity contribution in [2.75, 3.05) is 14.2 Å². The molecule has 0 unspecified atom stereocenters. The van der Waals surface area contributed by atoms with Crippen molar-refractivity contribution in [1.82, 2.24) is 0 Å². The highest BCUT2D eigenvalue weighted by atomic mass is 16.7. The molecule has 0 aliphatic rings. The third-order valence-electron chi connectivity index (χ3n) is 1.86. The molecule has 0 heterocycles. The summed E-state index contributed by atoms with van der Waals surface area (Å²) in [5.41, 5.74) is 0. The summed E-state index contributed by atoms with van der Waals surface area (Å²) in [6.45, 7) is 3.61. The molecule has 0 saturated heterocycles. The fraction of sp³-hybridized carbons (Fsp3) is 0.636. The molecule has 0 saturated carbocycles. The average molecular weight is 184 g/mol. The normalized spacial score (nSPS) is 11.3. The molecule has 76 valence electrons. The maximum absolute atomic E-state index is 5.07. The van der Waals surface area contributed by atoms with Crippen molar-refractivity contribution < 1.29 is 9.47 Å². The van der Waals surface area contributed by atoms with E-state index in [4.69, 9.17) is 9.47 Å². The van der Waals surface area contributed by atoms with Crippen LogP contribution < -0.4 is 0 Å². The number of hydrogen-bond acceptors (Lipinski definition) is 2. The van der Waals surface area contributed by atoms with E-state index in [1.807, 2.05) is 6.08 Å². The second-order valence-corrected chi connectivity index (χ2v) is 2.85. The lowest BCUT2D eigenvalue weighted by Gasteiger charge is -2.11. The first-order valence-electron chi connectivity index (χ1n) is 4.68. The summed E-state index contributed by atoms with van der Waals surface area (Å²) in [7, 11) is 3.34. The Kier molecular flexibility index (Phi) is 9.05. The second kappa shape index (κ2) is 9.49. The standard InChI is InChI=1S/C11H20O2/c1-4-5-6-7-8-9-10-11(12-2)13-3/h4-6,11H,1,7-10H2,2-3H3/b6-5-. The van der Waals surface area contributed by atoms with E-state index in [1.54, 1.807) is 20.3 Å². The Balaban J connectivity index is 3.23.